The molecule has 1 aromatic carbocycles. The third kappa shape index (κ3) is 4.79. The smallest absolute Gasteiger partial charge is 0.242 e. The van der Waals surface area contributed by atoms with Gasteiger partial charge in [-0.2, -0.15) is 0 Å². The fraction of sp³-hybridized carbons (Fsp3) is 0.500. The van der Waals surface area contributed by atoms with Crippen LogP contribution in [0.5, 0.6) is 0 Å². The molecule has 23 heavy (non-hydrogen) atoms. The van der Waals surface area contributed by atoms with E-state index in [2.05, 4.69) is 22.5 Å². The Labute approximate surface area is 137 Å². The molecule has 0 saturated carbocycles. The number of amides is 1. The quantitative estimate of drug-likeness (QED) is 0.677. The highest BCUT2D eigenvalue weighted by molar-refractivity contribution is 5.84. The van der Waals surface area contributed by atoms with E-state index < -0.39 is 0 Å². The first-order valence-corrected chi connectivity index (χ1v) is 8.25. The molecule has 0 bridgehead atoms. The van der Waals surface area contributed by atoms with Crippen molar-refractivity contribution in [2.75, 3.05) is 25.5 Å². The highest BCUT2D eigenvalue weighted by Crippen LogP contribution is 2.29. The third-order valence-electron chi connectivity index (χ3n) is 4.34. The van der Waals surface area contributed by atoms with Gasteiger partial charge in [0.1, 0.15) is 11.9 Å². The third-order valence-corrected chi connectivity index (χ3v) is 4.34. The molecule has 1 atom stereocenters. The molecule has 1 saturated heterocycles. The summed E-state index contributed by atoms with van der Waals surface area (Å²) in [6, 6.07) is 4.83. The van der Waals surface area contributed by atoms with E-state index in [1.807, 2.05) is 12.1 Å². The van der Waals surface area contributed by atoms with Gasteiger partial charge in [-0.05, 0) is 62.4 Å². The normalized spacial score (nSPS) is 16.6. The van der Waals surface area contributed by atoms with Crippen molar-refractivity contribution in [1.29, 1.82) is 0 Å². The first-order valence-electron chi connectivity index (χ1n) is 8.25. The van der Waals surface area contributed by atoms with Crippen LogP contribution in [-0.4, -0.2) is 32.1 Å². The van der Waals surface area contributed by atoms with Crippen molar-refractivity contribution in [3.8, 4) is 0 Å². The monoisotopic (exact) mass is 319 g/mol. The van der Waals surface area contributed by atoms with Gasteiger partial charge in [0.05, 0.1) is 0 Å². The molecule has 1 heterocycles. The van der Waals surface area contributed by atoms with E-state index in [1.165, 1.54) is 6.07 Å². The maximum Gasteiger partial charge on any atom is 0.242 e. The van der Waals surface area contributed by atoms with Crippen molar-refractivity contribution in [1.82, 2.24) is 10.6 Å². The standard InChI is InChI=1S/C18H26FN3O/c1-3-4-5-17(18(23)20-2)22-14-6-7-15(16(19)12-14)13-8-10-21-11-9-13/h3,6-7,12-13,17,21-22H,1,4-5,8-11H2,2H3,(H,20,23). The Morgan fingerprint density at radius 2 is 2.22 bits per heavy atom. The van der Waals surface area contributed by atoms with Crippen molar-refractivity contribution in [2.45, 2.75) is 37.6 Å². The molecular formula is C18H26FN3O. The molecule has 1 aliphatic rings. The van der Waals surface area contributed by atoms with Crippen LogP contribution in [0.2, 0.25) is 0 Å². The number of hydrogen-bond donors (Lipinski definition) is 3. The average Bonchev–Trinajstić information content (AvgIpc) is 2.58. The zero-order valence-electron chi connectivity index (χ0n) is 13.7. The molecule has 1 unspecified atom stereocenters. The van der Waals surface area contributed by atoms with Gasteiger partial charge in [0.2, 0.25) is 5.91 Å². The molecule has 5 heteroatoms. The number of halogens is 1. The summed E-state index contributed by atoms with van der Waals surface area (Å²) in [5, 5.41) is 9.05. The number of benzene rings is 1. The molecule has 0 spiro atoms. The number of anilines is 1. The number of carbonyl (C=O) groups excluding carboxylic acids is 1. The Bertz CT molecular complexity index is 541. The molecule has 2 rings (SSSR count). The first-order chi connectivity index (χ1) is 11.2. The Morgan fingerprint density at radius 3 is 2.83 bits per heavy atom. The van der Waals surface area contributed by atoms with Crippen molar-refractivity contribution in [3.05, 3.63) is 42.2 Å². The number of piperidine rings is 1. The van der Waals surface area contributed by atoms with Crippen LogP contribution >= 0.6 is 0 Å². The molecule has 0 aliphatic carbocycles. The highest BCUT2D eigenvalue weighted by Gasteiger charge is 2.20. The molecule has 0 radical (unpaired) electrons. The molecule has 1 fully saturated rings. The van der Waals surface area contributed by atoms with Crippen LogP contribution in [-0.2, 0) is 4.79 Å². The number of rotatable bonds is 7. The zero-order chi connectivity index (χ0) is 16.7. The Morgan fingerprint density at radius 1 is 1.48 bits per heavy atom. The van der Waals surface area contributed by atoms with E-state index in [4.69, 9.17) is 0 Å². The first kappa shape index (κ1) is 17.5. The predicted molar refractivity (Wildman–Crippen MR) is 92.2 cm³/mol. The largest absolute Gasteiger partial charge is 0.374 e. The number of allylic oxidation sites excluding steroid dienone is 1. The Kier molecular flexibility index (Phi) is 6.59. The second kappa shape index (κ2) is 8.67. The van der Waals surface area contributed by atoms with E-state index in [1.54, 1.807) is 13.1 Å². The number of nitrogens with one attached hydrogen (secondary N) is 3. The van der Waals surface area contributed by atoms with Crippen LogP contribution in [0, 0.1) is 5.82 Å². The van der Waals surface area contributed by atoms with E-state index in [0.717, 1.165) is 37.9 Å². The molecule has 126 valence electrons. The molecule has 4 nitrogen and oxygen atoms in total. The minimum atomic E-state index is -0.387. The van der Waals surface area contributed by atoms with E-state index in [9.17, 15) is 9.18 Å². The number of likely N-dealkylation sites (N-methyl/N-ethyl adjacent to an activating group) is 1. The Hall–Kier alpha value is -1.88. The summed E-state index contributed by atoms with van der Waals surface area (Å²) in [6.07, 6.45) is 5.05. The van der Waals surface area contributed by atoms with E-state index in [-0.39, 0.29) is 23.7 Å². The molecule has 1 aliphatic heterocycles. The summed E-state index contributed by atoms with van der Waals surface area (Å²) >= 11 is 0. The van der Waals surface area contributed by atoms with E-state index in [0.29, 0.717) is 12.1 Å². The molecule has 3 N–H and O–H groups in total. The highest BCUT2D eigenvalue weighted by atomic mass is 19.1. The van der Waals surface area contributed by atoms with Gasteiger partial charge in [-0.25, -0.2) is 4.39 Å². The maximum absolute atomic E-state index is 14.4. The topological polar surface area (TPSA) is 53.2 Å². The second-order valence-electron chi connectivity index (χ2n) is 5.94. The predicted octanol–water partition coefficient (Wildman–Crippen LogP) is 2.79. The van der Waals surface area contributed by atoms with Crippen molar-refractivity contribution in [2.24, 2.45) is 0 Å². The summed E-state index contributed by atoms with van der Waals surface area (Å²) < 4.78 is 14.4. The zero-order valence-corrected chi connectivity index (χ0v) is 13.7. The van der Waals surface area contributed by atoms with Crippen molar-refractivity contribution >= 4 is 11.6 Å². The number of hydrogen-bond acceptors (Lipinski definition) is 3. The van der Waals surface area contributed by atoms with Gasteiger partial charge in [-0.1, -0.05) is 12.1 Å². The summed E-state index contributed by atoms with van der Waals surface area (Å²) in [5.41, 5.74) is 1.41. The lowest BCUT2D eigenvalue weighted by atomic mass is 9.90. The fourth-order valence-corrected chi connectivity index (χ4v) is 3.01. The summed E-state index contributed by atoms with van der Waals surface area (Å²) in [4.78, 5) is 11.9. The minimum Gasteiger partial charge on any atom is -0.374 e. The van der Waals surface area contributed by atoms with Gasteiger partial charge in [0, 0.05) is 12.7 Å². The van der Waals surface area contributed by atoms with Gasteiger partial charge >= 0.3 is 0 Å². The molecule has 1 amide bonds. The van der Waals surface area contributed by atoms with Crippen LogP contribution in [0.3, 0.4) is 0 Å². The van der Waals surface area contributed by atoms with Crippen molar-refractivity contribution < 1.29 is 9.18 Å². The lowest BCUT2D eigenvalue weighted by Gasteiger charge is -2.24. The maximum atomic E-state index is 14.4. The molecular weight excluding hydrogens is 293 g/mol. The van der Waals surface area contributed by atoms with Crippen LogP contribution in [0.25, 0.3) is 0 Å². The van der Waals surface area contributed by atoms with Crippen LogP contribution < -0.4 is 16.0 Å². The van der Waals surface area contributed by atoms with Gasteiger partial charge in [0.25, 0.3) is 0 Å². The molecule has 1 aromatic rings. The lowest BCUT2D eigenvalue weighted by molar-refractivity contribution is -0.121. The summed E-state index contributed by atoms with van der Waals surface area (Å²) in [5.74, 6) is -0.0169. The van der Waals surface area contributed by atoms with Gasteiger partial charge in [-0.3, -0.25) is 4.79 Å². The lowest BCUT2D eigenvalue weighted by Crippen LogP contribution is -2.37. The Balaban J connectivity index is 2.08. The SMILES string of the molecule is C=CCCC(Nc1ccc(C2CCNCC2)c(F)c1)C(=O)NC. The summed E-state index contributed by atoms with van der Waals surface area (Å²) in [6.45, 7) is 5.55. The van der Waals surface area contributed by atoms with Gasteiger partial charge in [0.15, 0.2) is 0 Å². The minimum absolute atomic E-state index is 0.102. The van der Waals surface area contributed by atoms with Gasteiger partial charge in [-0.15, -0.1) is 6.58 Å². The summed E-state index contributed by atoms with van der Waals surface area (Å²) in [7, 11) is 1.60. The second-order valence-corrected chi connectivity index (χ2v) is 5.94. The van der Waals surface area contributed by atoms with Crippen molar-refractivity contribution in [3.63, 3.8) is 0 Å². The number of carbonyl (C=O) groups is 1. The molecule has 0 aromatic heterocycles. The average molecular weight is 319 g/mol. The van der Waals surface area contributed by atoms with Crippen LogP contribution in [0.15, 0.2) is 30.9 Å². The fourth-order valence-electron chi connectivity index (χ4n) is 3.01. The van der Waals surface area contributed by atoms with Gasteiger partial charge < -0.3 is 16.0 Å². The van der Waals surface area contributed by atoms with E-state index >= 15 is 0 Å². The van der Waals surface area contributed by atoms with Crippen LogP contribution in [0.1, 0.15) is 37.2 Å². The van der Waals surface area contributed by atoms with Crippen LogP contribution in [0.4, 0.5) is 10.1 Å².